The Labute approximate surface area is 141 Å². The zero-order valence-corrected chi connectivity index (χ0v) is 12.6. The highest BCUT2D eigenvalue weighted by Gasteiger charge is 2.15. The molecule has 3 aromatic carbocycles. The Bertz CT molecular complexity index is 907. The smallest absolute Gasteiger partial charge is 0.108 e. The van der Waals surface area contributed by atoms with E-state index in [1.165, 1.54) is 0 Å². The second kappa shape index (κ2) is 7.45. The number of hydrogen-bond donors (Lipinski definition) is 0. The lowest BCUT2D eigenvalue weighted by atomic mass is 9.96. The van der Waals surface area contributed by atoms with Gasteiger partial charge in [0.1, 0.15) is 6.10 Å². The molecule has 0 aromatic heterocycles. The van der Waals surface area contributed by atoms with Crippen LogP contribution in [0.3, 0.4) is 0 Å². The first-order valence-corrected chi connectivity index (χ1v) is 7.42. The Morgan fingerprint density at radius 1 is 0.783 bits per heavy atom. The third-order valence-electron chi connectivity index (χ3n) is 3.58. The molecule has 23 heavy (non-hydrogen) atoms. The first kappa shape index (κ1) is 11.7. The number of ether oxygens (including phenoxy) is 1. The molecule has 1 heteroatoms. The summed E-state index contributed by atoms with van der Waals surface area (Å²) < 4.78 is 28.1. The highest BCUT2D eigenvalue weighted by atomic mass is 16.5. The summed E-state index contributed by atoms with van der Waals surface area (Å²) in [6.45, 7) is 0. The molecule has 0 saturated carbocycles. The van der Waals surface area contributed by atoms with Crippen molar-refractivity contribution in [3.05, 3.63) is 107 Å². The van der Waals surface area contributed by atoms with Crippen LogP contribution in [0.5, 0.6) is 0 Å². The minimum atomic E-state index is -2.51. The molecule has 1 nitrogen and oxygen atoms in total. The van der Waals surface area contributed by atoms with Gasteiger partial charge >= 0.3 is 0 Å². The summed E-state index contributed by atoms with van der Waals surface area (Å²) in [5, 5.41) is 0. The van der Waals surface area contributed by atoms with E-state index < -0.39 is 13.1 Å². The van der Waals surface area contributed by atoms with Crippen LogP contribution in [-0.2, 0) is 4.74 Å². The van der Waals surface area contributed by atoms with Crippen LogP contribution in [0.2, 0.25) is 0 Å². The van der Waals surface area contributed by atoms with Gasteiger partial charge in [-0.25, -0.2) is 0 Å². The van der Waals surface area contributed by atoms with Crippen LogP contribution in [0.25, 0.3) is 0 Å². The quantitative estimate of drug-likeness (QED) is 0.630. The predicted molar refractivity (Wildman–Crippen MR) is 94.2 cm³/mol. The molecular formula is C22H18O. The largest absolute Gasteiger partial charge is 0.372 e. The summed E-state index contributed by atoms with van der Waals surface area (Å²) in [5.41, 5.74) is 3.15. The van der Waals surface area contributed by atoms with E-state index in [1.807, 2.05) is 84.9 Å². The van der Waals surface area contributed by atoms with Gasteiger partial charge in [0.25, 0.3) is 0 Å². The van der Waals surface area contributed by atoms with Crippen molar-refractivity contribution in [2.75, 3.05) is 7.04 Å². The van der Waals surface area contributed by atoms with E-state index in [2.05, 4.69) is 11.8 Å². The minimum Gasteiger partial charge on any atom is -0.372 e. The molecular weight excluding hydrogens is 280 g/mol. The van der Waals surface area contributed by atoms with Gasteiger partial charge in [0.05, 0.1) is 4.11 Å². The van der Waals surface area contributed by atoms with Crippen LogP contribution < -0.4 is 0 Å². The lowest BCUT2D eigenvalue weighted by molar-refractivity contribution is 0.136. The Morgan fingerprint density at radius 2 is 1.43 bits per heavy atom. The summed E-state index contributed by atoms with van der Waals surface area (Å²) in [7, 11) is -2.51. The van der Waals surface area contributed by atoms with Gasteiger partial charge < -0.3 is 4.74 Å². The molecule has 3 rings (SSSR count). The van der Waals surface area contributed by atoms with E-state index in [0.29, 0.717) is 0 Å². The van der Waals surface area contributed by atoms with Crippen LogP contribution >= 0.6 is 0 Å². The fraction of sp³-hybridized carbons (Fsp3) is 0.0909. The first-order chi connectivity index (χ1) is 12.5. The molecule has 0 spiro atoms. The van der Waals surface area contributed by atoms with Crippen molar-refractivity contribution >= 4 is 0 Å². The molecule has 0 saturated heterocycles. The second-order valence-electron chi connectivity index (χ2n) is 5.11. The SMILES string of the molecule is [2H]C([2H])([2H])OC(c1ccccc1)c1ccccc1C#Cc1ccccc1. The van der Waals surface area contributed by atoms with E-state index in [9.17, 15) is 0 Å². The van der Waals surface area contributed by atoms with Crippen molar-refractivity contribution < 1.29 is 8.85 Å². The predicted octanol–water partition coefficient (Wildman–Crippen LogP) is 4.82. The van der Waals surface area contributed by atoms with Crippen molar-refractivity contribution in [1.29, 1.82) is 0 Å². The maximum atomic E-state index is 7.54. The standard InChI is InChI=1S/C22H18O/c1-23-22(20-13-6-3-7-14-20)21-15-9-8-12-19(21)17-16-18-10-4-2-5-11-18/h2-15,22H,1H3/i1D3. The topological polar surface area (TPSA) is 9.23 Å². The monoisotopic (exact) mass is 301 g/mol. The molecule has 0 N–H and O–H groups in total. The molecule has 1 atom stereocenters. The third-order valence-corrected chi connectivity index (χ3v) is 3.58. The molecule has 0 aliphatic rings. The number of rotatable bonds is 3. The molecule has 0 bridgehead atoms. The number of benzene rings is 3. The van der Waals surface area contributed by atoms with Gasteiger partial charge in [-0.2, -0.15) is 0 Å². The lowest BCUT2D eigenvalue weighted by Gasteiger charge is -2.17. The van der Waals surface area contributed by atoms with E-state index in [4.69, 9.17) is 8.85 Å². The van der Waals surface area contributed by atoms with Crippen LogP contribution in [0.4, 0.5) is 0 Å². The summed E-state index contributed by atoms with van der Waals surface area (Å²) in [5.74, 6) is 6.28. The van der Waals surface area contributed by atoms with Gasteiger partial charge in [0.2, 0.25) is 0 Å². The molecule has 0 amide bonds. The van der Waals surface area contributed by atoms with Gasteiger partial charge in [-0.05, 0) is 23.8 Å². The van der Waals surface area contributed by atoms with E-state index >= 15 is 0 Å². The molecule has 0 heterocycles. The van der Waals surface area contributed by atoms with E-state index in [-0.39, 0.29) is 0 Å². The average molecular weight is 301 g/mol. The normalized spacial score (nSPS) is 13.8. The fourth-order valence-corrected chi connectivity index (χ4v) is 2.44. The number of hydrogen-bond acceptors (Lipinski definition) is 1. The first-order valence-electron chi connectivity index (χ1n) is 8.92. The van der Waals surface area contributed by atoms with Crippen molar-refractivity contribution in [2.24, 2.45) is 0 Å². The molecule has 0 aliphatic carbocycles. The van der Waals surface area contributed by atoms with Crippen LogP contribution in [0.15, 0.2) is 84.9 Å². The zero-order valence-electron chi connectivity index (χ0n) is 15.6. The van der Waals surface area contributed by atoms with Crippen LogP contribution in [-0.4, -0.2) is 7.04 Å². The van der Waals surface area contributed by atoms with Gasteiger partial charge in [0, 0.05) is 23.7 Å². The molecule has 3 aromatic rings. The summed E-state index contributed by atoms with van der Waals surface area (Å²) >= 11 is 0. The van der Waals surface area contributed by atoms with Gasteiger partial charge in [0.15, 0.2) is 0 Å². The summed E-state index contributed by atoms with van der Waals surface area (Å²) in [6, 6.07) is 26.5. The van der Waals surface area contributed by atoms with Crippen molar-refractivity contribution in [3.8, 4) is 11.8 Å². The van der Waals surface area contributed by atoms with Gasteiger partial charge in [-0.1, -0.05) is 78.6 Å². The van der Waals surface area contributed by atoms with Gasteiger partial charge in [-0.15, -0.1) is 0 Å². The Balaban J connectivity index is 2.04. The minimum absolute atomic E-state index is 0.718. The molecule has 112 valence electrons. The molecule has 0 radical (unpaired) electrons. The van der Waals surface area contributed by atoms with Crippen molar-refractivity contribution in [3.63, 3.8) is 0 Å². The van der Waals surface area contributed by atoms with Crippen molar-refractivity contribution in [2.45, 2.75) is 6.10 Å². The average Bonchev–Trinajstić information content (AvgIpc) is 2.66. The van der Waals surface area contributed by atoms with Crippen LogP contribution in [0, 0.1) is 11.8 Å². The molecule has 0 aliphatic heterocycles. The molecule has 1 unspecified atom stereocenters. The number of methoxy groups -OCH3 is 1. The summed E-state index contributed by atoms with van der Waals surface area (Å²) in [4.78, 5) is 0. The maximum absolute atomic E-state index is 7.54. The summed E-state index contributed by atoms with van der Waals surface area (Å²) in [6.07, 6.45) is -0.718. The van der Waals surface area contributed by atoms with Gasteiger partial charge in [-0.3, -0.25) is 0 Å². The molecule has 0 fully saturated rings. The zero-order chi connectivity index (χ0) is 18.4. The Morgan fingerprint density at radius 3 is 2.17 bits per heavy atom. The lowest BCUT2D eigenvalue weighted by Crippen LogP contribution is -2.05. The van der Waals surface area contributed by atoms with E-state index in [1.54, 1.807) is 0 Å². The maximum Gasteiger partial charge on any atom is 0.108 e. The Kier molecular flexibility index (Phi) is 3.79. The fourth-order valence-electron chi connectivity index (χ4n) is 2.44. The van der Waals surface area contributed by atoms with Crippen LogP contribution in [0.1, 0.15) is 32.5 Å². The Hall–Kier alpha value is -2.82. The highest BCUT2D eigenvalue weighted by Crippen LogP contribution is 2.27. The highest BCUT2D eigenvalue weighted by molar-refractivity contribution is 5.49. The van der Waals surface area contributed by atoms with E-state index in [0.717, 1.165) is 22.3 Å². The van der Waals surface area contributed by atoms with Crippen molar-refractivity contribution in [1.82, 2.24) is 0 Å². The third kappa shape index (κ3) is 3.69. The second-order valence-corrected chi connectivity index (χ2v) is 5.11.